The number of likely N-dealkylation sites (tertiary alicyclic amines) is 1. The van der Waals surface area contributed by atoms with E-state index in [0.717, 1.165) is 32.0 Å². The van der Waals surface area contributed by atoms with Crippen LogP contribution in [0, 0.1) is 5.82 Å². The number of rotatable bonds is 8. The summed E-state index contributed by atoms with van der Waals surface area (Å²) in [5.41, 5.74) is 0. The Kier molecular flexibility index (Phi) is 11.9. The molecule has 2 saturated heterocycles. The number of piperazine rings is 1. The molecule has 2 N–H and O–H groups in total. The van der Waals surface area contributed by atoms with Gasteiger partial charge in [0.05, 0.1) is 4.90 Å². The molecule has 2 fully saturated rings. The number of amides is 1. The highest BCUT2D eigenvalue weighted by Crippen LogP contribution is 2.23. The number of carboxylic acids is 1. The summed E-state index contributed by atoms with van der Waals surface area (Å²) in [7, 11) is -3.90. The van der Waals surface area contributed by atoms with Gasteiger partial charge >= 0.3 is 12.1 Å². The van der Waals surface area contributed by atoms with Gasteiger partial charge in [0.15, 0.2) is 0 Å². The van der Waals surface area contributed by atoms with Gasteiger partial charge in [0.2, 0.25) is 15.9 Å². The Morgan fingerprint density at radius 2 is 1.68 bits per heavy atom. The zero-order valence-electron chi connectivity index (χ0n) is 21.6. The van der Waals surface area contributed by atoms with Crippen LogP contribution in [0.3, 0.4) is 0 Å². The largest absolute Gasteiger partial charge is 0.490 e. The van der Waals surface area contributed by atoms with Crippen LogP contribution in [-0.2, 0) is 19.6 Å². The normalized spacial score (nSPS) is 21.1. The van der Waals surface area contributed by atoms with Crippen molar-refractivity contribution in [2.75, 3.05) is 45.8 Å². The molecule has 1 aromatic rings. The smallest absolute Gasteiger partial charge is 0.475 e. The number of hydrogen-bond donors (Lipinski definition) is 2. The summed E-state index contributed by atoms with van der Waals surface area (Å²) in [4.78, 5) is 25.6. The van der Waals surface area contributed by atoms with Crippen molar-refractivity contribution < 1.29 is 40.7 Å². The molecule has 2 aliphatic rings. The first kappa shape index (κ1) is 31.9. The molecule has 2 aliphatic heterocycles. The highest BCUT2D eigenvalue weighted by Gasteiger charge is 2.38. The van der Waals surface area contributed by atoms with E-state index < -0.39 is 28.0 Å². The topological polar surface area (TPSA) is 110 Å². The molecule has 0 aliphatic carbocycles. The monoisotopic (exact) mass is 568 g/mol. The highest BCUT2D eigenvalue weighted by atomic mass is 32.2. The summed E-state index contributed by atoms with van der Waals surface area (Å²) >= 11 is 0. The second-order valence-electron chi connectivity index (χ2n) is 9.41. The van der Waals surface area contributed by atoms with E-state index in [1.54, 1.807) is 4.90 Å². The lowest BCUT2D eigenvalue weighted by atomic mass is 9.98. The van der Waals surface area contributed by atoms with Crippen LogP contribution in [0.5, 0.6) is 0 Å². The molecule has 1 aromatic carbocycles. The minimum atomic E-state index is -5.08. The van der Waals surface area contributed by atoms with Gasteiger partial charge in [0, 0.05) is 64.3 Å². The number of carbonyl (C=O) groups excluding carboxylic acids is 1. The molecular weight excluding hydrogens is 532 g/mol. The van der Waals surface area contributed by atoms with E-state index in [0.29, 0.717) is 31.7 Å². The molecule has 38 heavy (non-hydrogen) atoms. The maximum atomic E-state index is 13.7. The third-order valence-corrected chi connectivity index (χ3v) is 8.60. The maximum absolute atomic E-state index is 13.7. The molecule has 3 rings (SSSR count). The lowest BCUT2D eigenvalue weighted by molar-refractivity contribution is -0.192. The number of piperidine rings is 1. The van der Waals surface area contributed by atoms with Gasteiger partial charge < -0.3 is 15.3 Å². The van der Waals surface area contributed by atoms with Crippen molar-refractivity contribution in [1.29, 1.82) is 0 Å². The molecule has 0 spiro atoms. The Morgan fingerprint density at radius 3 is 2.21 bits per heavy atom. The summed E-state index contributed by atoms with van der Waals surface area (Å²) < 4.78 is 73.5. The first-order chi connectivity index (χ1) is 17.7. The second-order valence-corrected chi connectivity index (χ2v) is 11.3. The number of nitrogens with zero attached hydrogens (tertiary/aromatic N) is 3. The molecule has 0 radical (unpaired) electrons. The average molecular weight is 569 g/mol. The van der Waals surface area contributed by atoms with Crippen LogP contribution in [-0.4, -0.2) is 104 Å². The Balaban J connectivity index is 0.000000638. The van der Waals surface area contributed by atoms with Crippen molar-refractivity contribution in [2.45, 2.75) is 62.7 Å². The average Bonchev–Trinajstić information content (AvgIpc) is 2.85. The van der Waals surface area contributed by atoms with Crippen LogP contribution in [0.15, 0.2) is 29.2 Å². The van der Waals surface area contributed by atoms with Crippen molar-refractivity contribution in [2.24, 2.45) is 0 Å². The number of carbonyl (C=O) groups is 2. The fourth-order valence-corrected chi connectivity index (χ4v) is 6.03. The Morgan fingerprint density at radius 1 is 1.11 bits per heavy atom. The molecule has 2 unspecified atom stereocenters. The predicted molar refractivity (Wildman–Crippen MR) is 132 cm³/mol. The van der Waals surface area contributed by atoms with Crippen molar-refractivity contribution >= 4 is 21.9 Å². The van der Waals surface area contributed by atoms with E-state index in [1.807, 2.05) is 0 Å². The van der Waals surface area contributed by atoms with E-state index in [1.165, 1.54) is 28.9 Å². The van der Waals surface area contributed by atoms with Crippen LogP contribution in [0.2, 0.25) is 0 Å². The Bertz CT molecular complexity index is 1020. The number of benzene rings is 1. The third-order valence-electron chi connectivity index (χ3n) is 6.70. The quantitative estimate of drug-likeness (QED) is 0.464. The number of halogens is 4. The number of carboxylic acid groups (broad SMARTS) is 1. The van der Waals surface area contributed by atoms with Crippen LogP contribution < -0.4 is 5.32 Å². The van der Waals surface area contributed by atoms with Gasteiger partial charge in [-0.05, 0) is 44.9 Å². The summed E-state index contributed by atoms with van der Waals surface area (Å²) in [6.07, 6.45) is -1.58. The summed E-state index contributed by atoms with van der Waals surface area (Å²) in [5.74, 6) is -3.38. The van der Waals surface area contributed by atoms with Gasteiger partial charge in [-0.1, -0.05) is 12.5 Å². The SMILES string of the molecule is CC1CCCC(C)N1CCN(CCC(=O)N1CCNCC1)S(=O)(=O)c1cccc(F)c1.O=C(O)C(F)(F)F. The second kappa shape index (κ2) is 14.2. The molecule has 216 valence electrons. The number of nitrogens with one attached hydrogen (secondary N) is 1. The summed E-state index contributed by atoms with van der Waals surface area (Å²) in [5, 5.41) is 10.3. The van der Waals surface area contributed by atoms with Crippen molar-refractivity contribution in [3.8, 4) is 0 Å². The fourth-order valence-electron chi connectivity index (χ4n) is 4.56. The zero-order valence-corrected chi connectivity index (χ0v) is 22.4. The number of hydrogen-bond acceptors (Lipinski definition) is 6. The van der Waals surface area contributed by atoms with Gasteiger partial charge in [-0.2, -0.15) is 17.5 Å². The lowest BCUT2D eigenvalue weighted by Crippen LogP contribution is -2.49. The van der Waals surface area contributed by atoms with Crippen LogP contribution in [0.25, 0.3) is 0 Å². The lowest BCUT2D eigenvalue weighted by Gasteiger charge is -2.40. The van der Waals surface area contributed by atoms with Crippen LogP contribution in [0.4, 0.5) is 17.6 Å². The highest BCUT2D eigenvalue weighted by molar-refractivity contribution is 7.89. The minimum absolute atomic E-state index is 0.0411. The fraction of sp³-hybridized carbons (Fsp3) is 0.667. The van der Waals surface area contributed by atoms with Gasteiger partial charge in [-0.3, -0.25) is 9.69 Å². The number of alkyl halides is 3. The van der Waals surface area contributed by atoms with Gasteiger partial charge in [0.1, 0.15) is 5.82 Å². The Hall–Kier alpha value is -2.29. The zero-order chi connectivity index (χ0) is 28.5. The number of sulfonamides is 1. The van der Waals surface area contributed by atoms with Crippen molar-refractivity contribution in [3.63, 3.8) is 0 Å². The molecule has 9 nitrogen and oxygen atoms in total. The van der Waals surface area contributed by atoms with Crippen molar-refractivity contribution in [3.05, 3.63) is 30.1 Å². The molecule has 0 bridgehead atoms. The van der Waals surface area contributed by atoms with E-state index in [4.69, 9.17) is 9.90 Å². The van der Waals surface area contributed by atoms with Crippen LogP contribution >= 0.6 is 0 Å². The summed E-state index contributed by atoms with van der Waals surface area (Å²) in [6, 6.07) is 5.88. The molecule has 1 amide bonds. The molecule has 2 heterocycles. The van der Waals surface area contributed by atoms with Gasteiger partial charge in [-0.25, -0.2) is 17.6 Å². The van der Waals surface area contributed by atoms with E-state index >= 15 is 0 Å². The van der Waals surface area contributed by atoms with Gasteiger partial charge in [-0.15, -0.1) is 0 Å². The van der Waals surface area contributed by atoms with Crippen LogP contribution in [0.1, 0.15) is 39.5 Å². The van der Waals surface area contributed by atoms with E-state index in [9.17, 15) is 30.8 Å². The molecule has 14 heteroatoms. The minimum Gasteiger partial charge on any atom is -0.475 e. The predicted octanol–water partition coefficient (Wildman–Crippen LogP) is 2.53. The molecule has 2 atom stereocenters. The summed E-state index contributed by atoms with van der Waals surface area (Å²) in [6.45, 7) is 8.10. The first-order valence-corrected chi connectivity index (χ1v) is 14.0. The third kappa shape index (κ3) is 9.47. The van der Waals surface area contributed by atoms with Crippen molar-refractivity contribution in [1.82, 2.24) is 19.4 Å². The van der Waals surface area contributed by atoms with Gasteiger partial charge in [0.25, 0.3) is 0 Å². The Labute approximate surface area is 220 Å². The first-order valence-electron chi connectivity index (χ1n) is 12.5. The standard InChI is InChI=1S/C22H35FN4O3S.C2HF3O2/c1-18-5-3-6-19(2)27(18)16-15-26(12-9-22(28)25-13-10-24-11-14-25)31(29,30)21-8-4-7-20(23)17-21;3-2(4,5)1(6)7/h4,7-8,17-19,24H,3,5-6,9-16H2,1-2H3;(H,6,7). The molecule has 0 saturated carbocycles. The maximum Gasteiger partial charge on any atom is 0.490 e. The van der Waals surface area contributed by atoms with E-state index in [2.05, 4.69) is 24.1 Å². The molecular formula is C24H36F4N4O5S. The van der Waals surface area contributed by atoms with E-state index in [-0.39, 0.29) is 30.3 Å². The number of aliphatic carboxylic acids is 1. The molecule has 0 aromatic heterocycles.